The van der Waals surface area contributed by atoms with E-state index >= 15 is 0 Å². The zero-order valence-corrected chi connectivity index (χ0v) is 13.8. The van der Waals surface area contributed by atoms with E-state index in [0.29, 0.717) is 25.4 Å². The Bertz CT molecular complexity index is 611. The summed E-state index contributed by atoms with van der Waals surface area (Å²) in [4.78, 5) is 14.4. The topological polar surface area (TPSA) is 52.6 Å². The van der Waals surface area contributed by atoms with Gasteiger partial charge in [-0.05, 0) is 47.0 Å². The van der Waals surface area contributed by atoms with Crippen LogP contribution in [0, 0.1) is 5.92 Å². The highest BCUT2D eigenvalue weighted by molar-refractivity contribution is 7.07. The molecule has 1 atom stereocenters. The summed E-state index contributed by atoms with van der Waals surface area (Å²) in [6, 6.07) is 11.9. The van der Waals surface area contributed by atoms with E-state index in [1.54, 1.807) is 16.2 Å². The normalized spacial score (nSPS) is 15.9. The van der Waals surface area contributed by atoms with E-state index < -0.39 is 6.10 Å². The number of thiophene rings is 1. The number of benzene rings is 1. The van der Waals surface area contributed by atoms with Gasteiger partial charge in [0.25, 0.3) is 0 Å². The smallest absolute Gasteiger partial charge is 0.223 e. The van der Waals surface area contributed by atoms with E-state index in [9.17, 15) is 9.90 Å². The minimum Gasteiger partial charge on any atom is -0.387 e. The van der Waals surface area contributed by atoms with Gasteiger partial charge in [0.05, 0.1) is 12.6 Å². The molecule has 1 unspecified atom stereocenters. The van der Waals surface area contributed by atoms with Crippen LogP contribution in [0.25, 0.3) is 0 Å². The maximum absolute atomic E-state index is 12.6. The summed E-state index contributed by atoms with van der Waals surface area (Å²) in [5, 5.41) is 17.5. The van der Waals surface area contributed by atoms with Gasteiger partial charge in [-0.25, -0.2) is 0 Å². The van der Waals surface area contributed by atoms with Crippen molar-refractivity contribution in [3.63, 3.8) is 0 Å². The van der Waals surface area contributed by atoms with Crippen molar-refractivity contribution in [2.24, 2.45) is 5.92 Å². The summed E-state index contributed by atoms with van der Waals surface area (Å²) in [6.45, 7) is 2.71. The lowest BCUT2D eigenvalue weighted by Crippen LogP contribution is -2.45. The van der Waals surface area contributed by atoms with Crippen LogP contribution in [-0.2, 0) is 11.3 Å². The van der Waals surface area contributed by atoms with Gasteiger partial charge >= 0.3 is 0 Å². The largest absolute Gasteiger partial charge is 0.387 e. The van der Waals surface area contributed by atoms with E-state index in [4.69, 9.17) is 0 Å². The van der Waals surface area contributed by atoms with Crippen LogP contribution < -0.4 is 5.32 Å². The van der Waals surface area contributed by atoms with Crippen molar-refractivity contribution in [1.82, 2.24) is 10.2 Å². The monoisotopic (exact) mass is 330 g/mol. The number of amides is 1. The van der Waals surface area contributed by atoms with Gasteiger partial charge in [0.2, 0.25) is 5.91 Å². The Labute approximate surface area is 140 Å². The Morgan fingerprint density at radius 3 is 2.70 bits per heavy atom. The van der Waals surface area contributed by atoms with Crippen LogP contribution in [-0.4, -0.2) is 35.5 Å². The van der Waals surface area contributed by atoms with Crippen LogP contribution in [0.3, 0.4) is 0 Å². The fourth-order valence-electron chi connectivity index (χ4n) is 2.71. The molecular weight excluding hydrogens is 308 g/mol. The number of aliphatic hydroxyl groups excluding tert-OH is 1. The molecule has 1 aromatic carbocycles. The van der Waals surface area contributed by atoms with E-state index in [2.05, 4.69) is 5.32 Å². The molecule has 0 spiro atoms. The quantitative estimate of drug-likeness (QED) is 0.820. The van der Waals surface area contributed by atoms with Gasteiger partial charge in [0, 0.05) is 13.0 Å². The Hall–Kier alpha value is -1.69. The van der Waals surface area contributed by atoms with Gasteiger partial charge in [-0.2, -0.15) is 11.3 Å². The summed E-state index contributed by atoms with van der Waals surface area (Å²) in [5.41, 5.74) is 1.97. The summed E-state index contributed by atoms with van der Waals surface area (Å²) in [7, 11) is 0. The number of aliphatic hydroxyl groups is 1. The average molecular weight is 330 g/mol. The summed E-state index contributed by atoms with van der Waals surface area (Å²) >= 11 is 1.56. The summed E-state index contributed by atoms with van der Waals surface area (Å²) in [5.74, 6) is 0.550. The third-order valence-corrected chi connectivity index (χ3v) is 4.92. The molecule has 2 heterocycles. The summed E-state index contributed by atoms with van der Waals surface area (Å²) < 4.78 is 0. The number of nitrogens with one attached hydrogen (secondary N) is 1. The third-order valence-electron chi connectivity index (χ3n) is 4.22. The van der Waals surface area contributed by atoms with Crippen molar-refractivity contribution >= 4 is 17.2 Å². The molecule has 2 N–H and O–H groups in total. The fourth-order valence-corrected chi connectivity index (χ4v) is 3.41. The molecule has 1 saturated heterocycles. The van der Waals surface area contributed by atoms with E-state index in [0.717, 1.165) is 24.2 Å². The second-order valence-corrected chi connectivity index (χ2v) is 6.84. The van der Waals surface area contributed by atoms with Gasteiger partial charge in [0.1, 0.15) is 0 Å². The third kappa shape index (κ3) is 4.41. The Balaban J connectivity index is 1.68. The highest BCUT2D eigenvalue weighted by atomic mass is 32.1. The molecule has 1 aliphatic rings. The van der Waals surface area contributed by atoms with Crippen molar-refractivity contribution in [3.8, 4) is 0 Å². The van der Waals surface area contributed by atoms with Gasteiger partial charge in [0.15, 0.2) is 0 Å². The Morgan fingerprint density at radius 2 is 2.09 bits per heavy atom. The van der Waals surface area contributed by atoms with Crippen LogP contribution in [0.4, 0.5) is 0 Å². The van der Waals surface area contributed by atoms with Gasteiger partial charge in [-0.3, -0.25) is 4.79 Å². The molecular formula is C18H22N2O2S. The second kappa shape index (κ2) is 7.73. The molecule has 1 aliphatic heterocycles. The number of hydrogen-bond acceptors (Lipinski definition) is 4. The zero-order chi connectivity index (χ0) is 16.1. The first-order chi connectivity index (χ1) is 11.2. The van der Waals surface area contributed by atoms with Crippen LogP contribution in [0.2, 0.25) is 0 Å². The zero-order valence-electron chi connectivity index (χ0n) is 13.0. The molecule has 2 aromatic rings. The van der Waals surface area contributed by atoms with Gasteiger partial charge in [-0.15, -0.1) is 0 Å². The first kappa shape index (κ1) is 16.2. The maximum atomic E-state index is 12.6. The molecule has 1 aromatic heterocycles. The molecule has 23 heavy (non-hydrogen) atoms. The minimum absolute atomic E-state index is 0.120. The van der Waals surface area contributed by atoms with Gasteiger partial charge in [-0.1, -0.05) is 30.3 Å². The van der Waals surface area contributed by atoms with Crippen molar-refractivity contribution in [2.75, 3.05) is 19.6 Å². The maximum Gasteiger partial charge on any atom is 0.223 e. The molecule has 0 saturated carbocycles. The van der Waals surface area contributed by atoms with E-state index in [1.165, 1.54) is 0 Å². The van der Waals surface area contributed by atoms with Crippen molar-refractivity contribution in [1.29, 1.82) is 0 Å². The number of hydrogen-bond donors (Lipinski definition) is 2. The molecule has 0 aliphatic carbocycles. The molecule has 4 nitrogen and oxygen atoms in total. The summed E-state index contributed by atoms with van der Waals surface area (Å²) in [6.07, 6.45) is -0.0793. The average Bonchev–Trinajstić information content (AvgIpc) is 3.05. The molecule has 5 heteroatoms. The lowest BCUT2D eigenvalue weighted by molar-refractivity contribution is -0.134. The molecule has 0 bridgehead atoms. The first-order valence-electron chi connectivity index (χ1n) is 7.95. The molecule has 1 fully saturated rings. The lowest BCUT2D eigenvalue weighted by atomic mass is 9.98. The number of carbonyl (C=O) groups excluding carboxylic acids is 1. The predicted octanol–water partition coefficient (Wildman–Crippen LogP) is 2.42. The second-order valence-electron chi connectivity index (χ2n) is 6.06. The van der Waals surface area contributed by atoms with Crippen LogP contribution >= 0.6 is 11.3 Å². The van der Waals surface area contributed by atoms with E-state index in [1.807, 2.05) is 47.2 Å². The lowest BCUT2D eigenvalue weighted by Gasteiger charge is -2.31. The Kier molecular flexibility index (Phi) is 5.43. The molecule has 0 radical (unpaired) electrons. The highest BCUT2D eigenvalue weighted by Gasteiger charge is 2.25. The molecule has 3 rings (SSSR count). The van der Waals surface area contributed by atoms with Crippen LogP contribution in [0.5, 0.6) is 0 Å². The SMILES string of the molecule is O=C(CC1CNC1)N(Cc1ccccc1)CC(O)c1ccsc1. The fraction of sp³-hybridized carbons (Fsp3) is 0.389. The van der Waals surface area contributed by atoms with Crippen molar-refractivity contribution in [2.45, 2.75) is 19.1 Å². The predicted molar refractivity (Wildman–Crippen MR) is 92.1 cm³/mol. The molecule has 1 amide bonds. The number of carbonyl (C=O) groups is 1. The number of rotatable bonds is 7. The standard InChI is InChI=1S/C18H22N2O2S/c21-17(16-6-7-23-13-16)12-20(11-14-4-2-1-3-5-14)18(22)8-15-9-19-10-15/h1-7,13,15,17,19,21H,8-12H2. The van der Waals surface area contributed by atoms with Crippen molar-refractivity contribution in [3.05, 3.63) is 58.3 Å². The first-order valence-corrected chi connectivity index (χ1v) is 8.89. The Morgan fingerprint density at radius 1 is 1.30 bits per heavy atom. The minimum atomic E-state index is -0.631. The molecule has 122 valence electrons. The van der Waals surface area contributed by atoms with Crippen LogP contribution in [0.15, 0.2) is 47.2 Å². The van der Waals surface area contributed by atoms with Crippen LogP contribution in [0.1, 0.15) is 23.7 Å². The van der Waals surface area contributed by atoms with Gasteiger partial charge < -0.3 is 15.3 Å². The van der Waals surface area contributed by atoms with Crippen molar-refractivity contribution < 1.29 is 9.90 Å². The highest BCUT2D eigenvalue weighted by Crippen LogP contribution is 2.20. The van der Waals surface area contributed by atoms with E-state index in [-0.39, 0.29) is 5.91 Å². The number of nitrogens with zero attached hydrogens (tertiary/aromatic N) is 1.